The van der Waals surface area contributed by atoms with Crippen molar-refractivity contribution in [2.24, 2.45) is 0 Å². The standard InChI is InChI=1S/C17H21ClN2O3/c1-22-11-14-8-15(23-2)9-20(14)17(21)10-19-6-5-12-3-4-13(18)7-16(12)19/h3-7,14-15H,8-11H2,1-2H3/t14-,15+/m0/s1. The van der Waals surface area contributed by atoms with Crippen LogP contribution in [-0.4, -0.2) is 54.9 Å². The van der Waals surface area contributed by atoms with E-state index in [1.54, 1.807) is 14.2 Å². The molecule has 1 aliphatic rings. The molecule has 1 aliphatic heterocycles. The maximum Gasteiger partial charge on any atom is 0.242 e. The molecule has 1 amide bonds. The molecule has 1 aromatic carbocycles. The number of amides is 1. The minimum absolute atomic E-state index is 0.0721. The first-order chi connectivity index (χ1) is 11.1. The number of benzene rings is 1. The van der Waals surface area contributed by atoms with Crippen molar-refractivity contribution in [2.75, 3.05) is 27.4 Å². The van der Waals surface area contributed by atoms with E-state index in [0.717, 1.165) is 17.3 Å². The van der Waals surface area contributed by atoms with Crippen LogP contribution in [0.25, 0.3) is 10.9 Å². The maximum absolute atomic E-state index is 12.7. The van der Waals surface area contributed by atoms with Gasteiger partial charge in [-0.3, -0.25) is 4.79 Å². The number of hydrogen-bond donors (Lipinski definition) is 0. The highest BCUT2D eigenvalue weighted by Gasteiger charge is 2.35. The number of fused-ring (bicyclic) bond motifs is 1. The van der Waals surface area contributed by atoms with Crippen molar-refractivity contribution in [3.63, 3.8) is 0 Å². The SMILES string of the molecule is COC[C@@H]1C[C@@H](OC)CN1C(=O)Cn1ccc2ccc(Cl)cc21. The van der Waals surface area contributed by atoms with Gasteiger partial charge in [0.2, 0.25) is 5.91 Å². The molecule has 2 aromatic rings. The highest BCUT2D eigenvalue weighted by molar-refractivity contribution is 6.31. The smallest absolute Gasteiger partial charge is 0.242 e. The second kappa shape index (κ2) is 6.91. The lowest BCUT2D eigenvalue weighted by Gasteiger charge is -2.24. The molecule has 0 saturated carbocycles. The van der Waals surface area contributed by atoms with E-state index >= 15 is 0 Å². The van der Waals surface area contributed by atoms with Crippen molar-refractivity contribution in [1.29, 1.82) is 0 Å². The monoisotopic (exact) mass is 336 g/mol. The summed E-state index contributed by atoms with van der Waals surface area (Å²) in [6, 6.07) is 7.77. The third-order valence-corrected chi connectivity index (χ3v) is 4.67. The zero-order chi connectivity index (χ0) is 16.4. The van der Waals surface area contributed by atoms with Crippen LogP contribution in [0, 0.1) is 0 Å². The number of rotatable bonds is 5. The van der Waals surface area contributed by atoms with E-state index in [1.807, 2.05) is 39.9 Å². The van der Waals surface area contributed by atoms with Crippen LogP contribution in [0.2, 0.25) is 5.02 Å². The Kier molecular flexibility index (Phi) is 4.90. The van der Waals surface area contributed by atoms with Crippen molar-refractivity contribution in [3.05, 3.63) is 35.5 Å². The molecule has 23 heavy (non-hydrogen) atoms. The lowest BCUT2D eigenvalue weighted by molar-refractivity contribution is -0.133. The predicted molar refractivity (Wildman–Crippen MR) is 89.7 cm³/mol. The predicted octanol–water partition coefficient (Wildman–Crippen LogP) is 2.56. The summed E-state index contributed by atoms with van der Waals surface area (Å²) in [5.74, 6) is 0.0732. The van der Waals surface area contributed by atoms with Crippen LogP contribution < -0.4 is 0 Å². The fourth-order valence-corrected chi connectivity index (χ4v) is 3.40. The number of hydrogen-bond acceptors (Lipinski definition) is 3. The molecule has 6 heteroatoms. The zero-order valence-corrected chi connectivity index (χ0v) is 14.1. The Morgan fingerprint density at radius 1 is 1.35 bits per heavy atom. The van der Waals surface area contributed by atoms with E-state index in [9.17, 15) is 4.79 Å². The largest absolute Gasteiger partial charge is 0.383 e. The fourth-order valence-electron chi connectivity index (χ4n) is 3.23. The summed E-state index contributed by atoms with van der Waals surface area (Å²) in [5.41, 5.74) is 0.969. The molecule has 124 valence electrons. The van der Waals surface area contributed by atoms with Crippen molar-refractivity contribution in [1.82, 2.24) is 9.47 Å². The molecule has 0 unspecified atom stereocenters. The summed E-state index contributed by atoms with van der Waals surface area (Å²) in [4.78, 5) is 14.6. The maximum atomic E-state index is 12.7. The second-order valence-corrected chi connectivity index (χ2v) is 6.33. The summed E-state index contributed by atoms with van der Waals surface area (Å²) in [5, 5.41) is 1.75. The third-order valence-electron chi connectivity index (χ3n) is 4.43. The Hall–Kier alpha value is -1.56. The first-order valence-corrected chi connectivity index (χ1v) is 8.05. The van der Waals surface area contributed by atoms with Crippen LogP contribution in [0.3, 0.4) is 0 Å². The van der Waals surface area contributed by atoms with Gasteiger partial charge in [0.1, 0.15) is 6.54 Å². The van der Waals surface area contributed by atoms with Gasteiger partial charge in [-0.15, -0.1) is 0 Å². The first-order valence-electron chi connectivity index (χ1n) is 7.68. The molecule has 1 fully saturated rings. The van der Waals surface area contributed by atoms with Gasteiger partial charge < -0.3 is 18.9 Å². The highest BCUT2D eigenvalue weighted by atomic mass is 35.5. The Balaban J connectivity index is 1.78. The molecule has 0 bridgehead atoms. The van der Waals surface area contributed by atoms with E-state index in [0.29, 0.717) is 24.7 Å². The average Bonchev–Trinajstić information content (AvgIpc) is 3.12. The quantitative estimate of drug-likeness (QED) is 0.843. The minimum atomic E-state index is 0.0721. The van der Waals surface area contributed by atoms with Gasteiger partial charge >= 0.3 is 0 Å². The normalized spacial score (nSPS) is 21.3. The van der Waals surface area contributed by atoms with E-state index in [4.69, 9.17) is 21.1 Å². The van der Waals surface area contributed by atoms with Crippen LogP contribution in [0.4, 0.5) is 0 Å². The molecule has 0 spiro atoms. The van der Waals surface area contributed by atoms with E-state index in [2.05, 4.69) is 0 Å². The minimum Gasteiger partial charge on any atom is -0.383 e. The summed E-state index contributed by atoms with van der Waals surface area (Å²) in [7, 11) is 3.34. The molecular formula is C17H21ClN2O3. The van der Waals surface area contributed by atoms with Crippen LogP contribution in [-0.2, 0) is 20.8 Å². The zero-order valence-electron chi connectivity index (χ0n) is 13.4. The molecule has 1 aromatic heterocycles. The van der Waals surface area contributed by atoms with Crippen LogP contribution in [0.15, 0.2) is 30.5 Å². The number of carbonyl (C=O) groups excluding carboxylic acids is 1. The van der Waals surface area contributed by atoms with Gasteiger partial charge in [-0.25, -0.2) is 0 Å². The fraction of sp³-hybridized carbons (Fsp3) is 0.471. The summed E-state index contributed by atoms with van der Waals surface area (Å²) in [6.45, 7) is 1.44. The molecule has 0 N–H and O–H groups in total. The molecule has 0 aliphatic carbocycles. The van der Waals surface area contributed by atoms with Crippen molar-refractivity contribution < 1.29 is 14.3 Å². The topological polar surface area (TPSA) is 43.7 Å². The number of ether oxygens (including phenoxy) is 2. The van der Waals surface area contributed by atoms with Crippen molar-refractivity contribution >= 4 is 28.4 Å². The van der Waals surface area contributed by atoms with Gasteiger partial charge in [0.25, 0.3) is 0 Å². The number of nitrogens with zero attached hydrogens (tertiary/aromatic N) is 2. The Labute approximate surface area is 140 Å². The Morgan fingerprint density at radius 3 is 2.91 bits per heavy atom. The van der Waals surface area contributed by atoms with Crippen LogP contribution >= 0.6 is 11.6 Å². The average molecular weight is 337 g/mol. The second-order valence-electron chi connectivity index (χ2n) is 5.90. The molecule has 2 atom stereocenters. The van der Waals surface area contributed by atoms with E-state index in [1.165, 1.54) is 0 Å². The van der Waals surface area contributed by atoms with E-state index < -0.39 is 0 Å². The van der Waals surface area contributed by atoms with Gasteiger partial charge in [-0.2, -0.15) is 0 Å². The Morgan fingerprint density at radius 2 is 2.17 bits per heavy atom. The van der Waals surface area contributed by atoms with Gasteiger partial charge in [-0.1, -0.05) is 17.7 Å². The Bertz CT molecular complexity index is 700. The summed E-state index contributed by atoms with van der Waals surface area (Å²) < 4.78 is 12.6. The lowest BCUT2D eigenvalue weighted by Crippen LogP contribution is -2.40. The van der Waals surface area contributed by atoms with Gasteiger partial charge in [0.05, 0.1) is 18.8 Å². The summed E-state index contributed by atoms with van der Waals surface area (Å²) in [6.07, 6.45) is 2.82. The number of likely N-dealkylation sites (tertiary alicyclic amines) is 1. The van der Waals surface area contributed by atoms with Gasteiger partial charge in [0.15, 0.2) is 0 Å². The number of carbonyl (C=O) groups is 1. The van der Waals surface area contributed by atoms with Crippen LogP contribution in [0.5, 0.6) is 0 Å². The lowest BCUT2D eigenvalue weighted by atomic mass is 10.2. The molecule has 2 heterocycles. The molecular weight excluding hydrogens is 316 g/mol. The van der Waals surface area contributed by atoms with Gasteiger partial charge in [-0.05, 0) is 30.0 Å². The first kappa shape index (κ1) is 16.3. The molecule has 0 radical (unpaired) electrons. The molecule has 3 rings (SSSR count). The van der Waals surface area contributed by atoms with Crippen molar-refractivity contribution in [3.8, 4) is 0 Å². The third kappa shape index (κ3) is 3.37. The summed E-state index contributed by atoms with van der Waals surface area (Å²) >= 11 is 6.07. The van der Waals surface area contributed by atoms with Crippen LogP contribution in [0.1, 0.15) is 6.42 Å². The number of methoxy groups -OCH3 is 2. The highest BCUT2D eigenvalue weighted by Crippen LogP contribution is 2.23. The number of halogens is 1. The van der Waals surface area contributed by atoms with E-state index in [-0.39, 0.29) is 18.1 Å². The number of aromatic nitrogens is 1. The molecule has 5 nitrogen and oxygen atoms in total. The van der Waals surface area contributed by atoms with Crippen molar-refractivity contribution in [2.45, 2.75) is 25.1 Å². The molecule has 1 saturated heterocycles. The van der Waals surface area contributed by atoms with Gasteiger partial charge in [0, 0.05) is 37.5 Å².